The first-order valence-corrected chi connectivity index (χ1v) is 9.58. The maximum atomic E-state index is 13.2. The Morgan fingerprint density at radius 3 is 2.74 bits per heavy atom. The third kappa shape index (κ3) is 4.19. The molecular weight excluding hydrogens is 361 g/mol. The fraction of sp³-hybridized carbons (Fsp3) is 0.133. The van der Waals surface area contributed by atoms with Gasteiger partial charge in [0.25, 0.3) is 0 Å². The molecule has 2 heterocycles. The molecule has 120 valence electrons. The normalized spacial score (nSPS) is 11.7. The third-order valence-electron chi connectivity index (χ3n) is 2.98. The van der Waals surface area contributed by atoms with E-state index in [9.17, 15) is 12.8 Å². The molecule has 0 saturated heterocycles. The Morgan fingerprint density at radius 1 is 1.22 bits per heavy atom. The zero-order valence-corrected chi connectivity index (χ0v) is 14.1. The summed E-state index contributed by atoms with van der Waals surface area (Å²) in [4.78, 5) is 4.79. The molecule has 2 aromatic heterocycles. The number of thiophene rings is 1. The van der Waals surface area contributed by atoms with Crippen LogP contribution >= 0.6 is 22.9 Å². The zero-order valence-electron chi connectivity index (χ0n) is 11.7. The van der Waals surface area contributed by atoms with Gasteiger partial charge in [-0.1, -0.05) is 17.7 Å². The molecule has 0 aliphatic carbocycles. The topological polar surface area (TPSA) is 60.2 Å². The van der Waals surface area contributed by atoms with Crippen LogP contribution < -0.4 is 0 Å². The number of aromatic nitrogens is 1. The average Bonchev–Trinajstić information content (AvgIpc) is 3.07. The summed E-state index contributed by atoms with van der Waals surface area (Å²) in [5.74, 6) is -0.577. The Bertz CT molecular complexity index is 934. The third-order valence-corrected chi connectivity index (χ3v) is 5.88. The van der Waals surface area contributed by atoms with Gasteiger partial charge in [0.05, 0.1) is 21.5 Å². The van der Waals surface area contributed by atoms with Crippen molar-refractivity contribution < 1.29 is 17.2 Å². The SMILES string of the molecule is O=S(=O)(Cc1coc(-c2cccc(F)c2)n1)Cc1ccc(Cl)s1. The second-order valence-corrected chi connectivity index (χ2v) is 8.76. The Labute approximate surface area is 141 Å². The standard InChI is InChI=1S/C15H11ClFNO3S2/c16-14-5-4-13(22-14)9-23(19,20)8-12-7-21-15(18-12)10-2-1-3-11(17)6-10/h1-7H,8-9H2. The van der Waals surface area contributed by atoms with Crippen molar-refractivity contribution in [1.82, 2.24) is 4.98 Å². The van der Waals surface area contributed by atoms with Gasteiger partial charge in [-0.2, -0.15) is 0 Å². The van der Waals surface area contributed by atoms with Crippen molar-refractivity contribution >= 4 is 32.8 Å². The van der Waals surface area contributed by atoms with Crippen LogP contribution in [-0.2, 0) is 21.3 Å². The van der Waals surface area contributed by atoms with E-state index in [1.807, 2.05) is 0 Å². The lowest BCUT2D eigenvalue weighted by Gasteiger charge is -1.99. The summed E-state index contributed by atoms with van der Waals surface area (Å²) in [6, 6.07) is 9.11. The van der Waals surface area contributed by atoms with Crippen molar-refractivity contribution in [2.75, 3.05) is 0 Å². The van der Waals surface area contributed by atoms with Gasteiger partial charge in [0.15, 0.2) is 9.84 Å². The molecule has 0 saturated carbocycles. The second kappa shape index (κ2) is 6.43. The number of hydrogen-bond donors (Lipinski definition) is 0. The van der Waals surface area contributed by atoms with Gasteiger partial charge in [0.1, 0.15) is 12.1 Å². The Hall–Kier alpha value is -1.70. The summed E-state index contributed by atoms with van der Waals surface area (Å²) < 4.78 is 43.4. The molecular formula is C15H11ClFNO3S2. The van der Waals surface area contributed by atoms with Crippen LogP contribution in [0.15, 0.2) is 47.1 Å². The van der Waals surface area contributed by atoms with Crippen LogP contribution in [-0.4, -0.2) is 13.4 Å². The van der Waals surface area contributed by atoms with E-state index < -0.39 is 15.7 Å². The minimum Gasteiger partial charge on any atom is -0.444 e. The van der Waals surface area contributed by atoms with Gasteiger partial charge in [-0.05, 0) is 30.3 Å². The Balaban J connectivity index is 1.75. The highest BCUT2D eigenvalue weighted by molar-refractivity contribution is 7.90. The Morgan fingerprint density at radius 2 is 2.04 bits per heavy atom. The molecule has 0 atom stereocenters. The number of nitrogens with zero attached hydrogens (tertiary/aromatic N) is 1. The lowest BCUT2D eigenvalue weighted by molar-refractivity contribution is 0.570. The number of oxazole rings is 1. The number of rotatable bonds is 5. The van der Waals surface area contributed by atoms with E-state index in [-0.39, 0.29) is 23.1 Å². The molecule has 0 spiro atoms. The van der Waals surface area contributed by atoms with Gasteiger partial charge >= 0.3 is 0 Å². The molecule has 0 N–H and O–H groups in total. The molecule has 0 amide bonds. The van der Waals surface area contributed by atoms with E-state index in [1.165, 1.54) is 35.8 Å². The van der Waals surface area contributed by atoms with Crippen molar-refractivity contribution in [3.05, 3.63) is 63.4 Å². The first kappa shape index (κ1) is 16.2. The summed E-state index contributed by atoms with van der Waals surface area (Å²) >= 11 is 7.03. The number of sulfone groups is 1. The highest BCUT2D eigenvalue weighted by Gasteiger charge is 2.18. The van der Waals surface area contributed by atoms with Crippen LogP contribution in [0.1, 0.15) is 10.6 Å². The van der Waals surface area contributed by atoms with Gasteiger partial charge in [-0.15, -0.1) is 11.3 Å². The predicted molar refractivity (Wildman–Crippen MR) is 87.6 cm³/mol. The van der Waals surface area contributed by atoms with E-state index in [1.54, 1.807) is 18.2 Å². The molecule has 8 heteroatoms. The summed E-state index contributed by atoms with van der Waals surface area (Å²) in [6.07, 6.45) is 1.28. The summed E-state index contributed by atoms with van der Waals surface area (Å²) in [7, 11) is -3.40. The molecule has 0 bridgehead atoms. The van der Waals surface area contributed by atoms with Crippen molar-refractivity contribution in [2.24, 2.45) is 0 Å². The summed E-state index contributed by atoms with van der Waals surface area (Å²) in [5, 5.41) is 0. The highest BCUT2D eigenvalue weighted by atomic mass is 35.5. The number of halogens is 2. The molecule has 0 aliphatic heterocycles. The van der Waals surface area contributed by atoms with Crippen molar-refractivity contribution in [1.29, 1.82) is 0 Å². The first-order valence-electron chi connectivity index (χ1n) is 6.56. The van der Waals surface area contributed by atoms with Crippen LogP contribution in [0.5, 0.6) is 0 Å². The fourth-order valence-corrected chi connectivity index (χ4v) is 4.92. The van der Waals surface area contributed by atoms with E-state index in [0.717, 1.165) is 0 Å². The minimum absolute atomic E-state index is 0.105. The molecule has 3 aromatic rings. The molecule has 3 rings (SSSR count). The lowest BCUT2D eigenvalue weighted by Crippen LogP contribution is -2.06. The maximum Gasteiger partial charge on any atom is 0.226 e. The first-order chi connectivity index (χ1) is 10.9. The highest BCUT2D eigenvalue weighted by Crippen LogP contribution is 2.25. The maximum absolute atomic E-state index is 13.2. The van der Waals surface area contributed by atoms with Gasteiger partial charge in [-0.25, -0.2) is 17.8 Å². The van der Waals surface area contributed by atoms with Crippen LogP contribution in [0.3, 0.4) is 0 Å². The minimum atomic E-state index is -3.40. The van der Waals surface area contributed by atoms with E-state index in [2.05, 4.69) is 4.98 Å². The van der Waals surface area contributed by atoms with Gasteiger partial charge in [-0.3, -0.25) is 0 Å². The fourth-order valence-electron chi connectivity index (χ4n) is 2.05. The van der Waals surface area contributed by atoms with Gasteiger partial charge in [0.2, 0.25) is 5.89 Å². The molecule has 0 fully saturated rings. The van der Waals surface area contributed by atoms with E-state index in [0.29, 0.717) is 14.8 Å². The van der Waals surface area contributed by atoms with Crippen LogP contribution in [0.2, 0.25) is 4.34 Å². The Kier molecular flexibility index (Phi) is 4.52. The van der Waals surface area contributed by atoms with Crippen molar-refractivity contribution in [2.45, 2.75) is 11.5 Å². The zero-order chi connectivity index (χ0) is 16.4. The van der Waals surface area contributed by atoms with Crippen LogP contribution in [0.4, 0.5) is 4.39 Å². The number of benzene rings is 1. The van der Waals surface area contributed by atoms with Crippen molar-refractivity contribution in [3.63, 3.8) is 0 Å². The van der Waals surface area contributed by atoms with E-state index >= 15 is 0 Å². The monoisotopic (exact) mass is 371 g/mol. The number of hydrogen-bond acceptors (Lipinski definition) is 5. The summed E-state index contributed by atoms with van der Waals surface area (Å²) in [5.41, 5.74) is 0.741. The summed E-state index contributed by atoms with van der Waals surface area (Å²) in [6.45, 7) is 0. The molecule has 0 aliphatic rings. The average molecular weight is 372 g/mol. The quantitative estimate of drug-likeness (QED) is 0.670. The molecule has 4 nitrogen and oxygen atoms in total. The van der Waals surface area contributed by atoms with Crippen molar-refractivity contribution in [3.8, 4) is 11.5 Å². The largest absolute Gasteiger partial charge is 0.444 e. The predicted octanol–water partition coefficient (Wildman–Crippen LogP) is 4.31. The molecule has 0 radical (unpaired) electrons. The smallest absolute Gasteiger partial charge is 0.226 e. The molecule has 1 aromatic carbocycles. The lowest BCUT2D eigenvalue weighted by atomic mass is 10.2. The van der Waals surface area contributed by atoms with Crippen LogP contribution in [0, 0.1) is 5.82 Å². The van der Waals surface area contributed by atoms with Gasteiger partial charge in [0, 0.05) is 10.4 Å². The van der Waals surface area contributed by atoms with Crippen LogP contribution in [0.25, 0.3) is 11.5 Å². The van der Waals surface area contributed by atoms with Gasteiger partial charge < -0.3 is 4.42 Å². The second-order valence-electron chi connectivity index (χ2n) is 4.89. The molecule has 0 unspecified atom stereocenters. The molecule has 23 heavy (non-hydrogen) atoms. The van der Waals surface area contributed by atoms with E-state index in [4.69, 9.17) is 16.0 Å².